The third-order valence-corrected chi connectivity index (χ3v) is 7.69. The molecule has 2 aromatic rings. The lowest BCUT2D eigenvalue weighted by molar-refractivity contribution is -0.124. The molecule has 174 valence electrons. The van der Waals surface area contributed by atoms with Crippen molar-refractivity contribution in [3.8, 4) is 0 Å². The predicted molar refractivity (Wildman–Crippen MR) is 126 cm³/mol. The molecule has 1 saturated carbocycles. The molecule has 5 rings (SSSR count). The summed E-state index contributed by atoms with van der Waals surface area (Å²) in [6, 6.07) is 7.21. The molecule has 8 heteroatoms. The van der Waals surface area contributed by atoms with Crippen LogP contribution < -0.4 is 16.0 Å². The smallest absolute Gasteiger partial charge is 0.247 e. The molecule has 1 aromatic carbocycles. The molecule has 0 bridgehead atoms. The van der Waals surface area contributed by atoms with Crippen molar-refractivity contribution in [2.24, 2.45) is 18.9 Å². The van der Waals surface area contributed by atoms with Gasteiger partial charge in [-0.1, -0.05) is 19.6 Å². The summed E-state index contributed by atoms with van der Waals surface area (Å²) in [5, 5.41) is 13.7. The molecule has 1 aliphatic carbocycles. The molecule has 3 N–H and O–H groups in total. The summed E-state index contributed by atoms with van der Waals surface area (Å²) in [5.41, 5.74) is 3.47. The first-order valence-electron chi connectivity index (χ1n) is 11.7. The van der Waals surface area contributed by atoms with E-state index in [-0.39, 0.29) is 17.7 Å². The highest BCUT2D eigenvalue weighted by Crippen LogP contribution is 2.45. The van der Waals surface area contributed by atoms with Gasteiger partial charge in [-0.25, -0.2) is 0 Å². The molecule has 2 amide bonds. The Balaban J connectivity index is 1.35. The number of anilines is 2. The van der Waals surface area contributed by atoms with Gasteiger partial charge in [0, 0.05) is 37.8 Å². The minimum Gasteiger partial charge on any atom is -0.381 e. The number of carbonyl (C=O) groups excluding carboxylic acids is 2. The fourth-order valence-corrected chi connectivity index (χ4v) is 5.43. The van der Waals surface area contributed by atoms with Gasteiger partial charge in [-0.05, 0) is 61.3 Å². The van der Waals surface area contributed by atoms with Crippen LogP contribution >= 0.6 is 0 Å². The zero-order valence-electron chi connectivity index (χ0n) is 19.2. The summed E-state index contributed by atoms with van der Waals surface area (Å²) in [6.45, 7) is 7.49. The number of nitrogens with zero attached hydrogens (tertiary/aromatic N) is 2. The maximum absolute atomic E-state index is 13.4. The Labute approximate surface area is 193 Å². The molecule has 1 spiro atoms. The second kappa shape index (κ2) is 8.33. The van der Waals surface area contributed by atoms with E-state index in [0.717, 1.165) is 29.8 Å². The first-order chi connectivity index (χ1) is 15.9. The molecular weight excluding hydrogens is 418 g/mol. The van der Waals surface area contributed by atoms with Gasteiger partial charge in [0.15, 0.2) is 0 Å². The van der Waals surface area contributed by atoms with Crippen molar-refractivity contribution in [1.29, 1.82) is 0 Å². The van der Waals surface area contributed by atoms with Crippen LogP contribution in [0.3, 0.4) is 0 Å². The summed E-state index contributed by atoms with van der Waals surface area (Å²) < 4.78 is 7.22. The summed E-state index contributed by atoms with van der Waals surface area (Å²) in [7, 11) is 1.85. The van der Waals surface area contributed by atoms with Crippen molar-refractivity contribution in [3.63, 3.8) is 0 Å². The minimum absolute atomic E-state index is 0.0274. The standard InChI is InChI=1S/C25H31N5O3/c1-15-4-6-18(15)22(27-16(2)21-8-11-26-30(21)3)23(31)28-17-5-7-19-20(14-17)29-24(32)25(19)9-12-33-13-10-25/h5,7-8,11,14-15,18,22,27H,2,4,6,9-10,12-13H2,1,3H3,(H,28,31)(H,29,32). The third-order valence-electron chi connectivity index (χ3n) is 7.69. The summed E-state index contributed by atoms with van der Waals surface area (Å²) >= 11 is 0. The molecule has 3 aliphatic rings. The summed E-state index contributed by atoms with van der Waals surface area (Å²) in [4.78, 5) is 26.2. The van der Waals surface area contributed by atoms with E-state index in [1.807, 2.05) is 31.3 Å². The Hall–Kier alpha value is -3.13. The van der Waals surface area contributed by atoms with Crippen LogP contribution in [0.25, 0.3) is 5.70 Å². The molecule has 33 heavy (non-hydrogen) atoms. The largest absolute Gasteiger partial charge is 0.381 e. The van der Waals surface area contributed by atoms with Gasteiger partial charge in [-0.3, -0.25) is 14.3 Å². The number of rotatable bonds is 6. The predicted octanol–water partition coefficient (Wildman–Crippen LogP) is 3.03. The van der Waals surface area contributed by atoms with Crippen LogP contribution in [0.2, 0.25) is 0 Å². The Morgan fingerprint density at radius 3 is 2.73 bits per heavy atom. The highest BCUT2D eigenvalue weighted by atomic mass is 16.5. The van der Waals surface area contributed by atoms with Crippen molar-refractivity contribution < 1.29 is 14.3 Å². The monoisotopic (exact) mass is 449 g/mol. The molecule has 8 nitrogen and oxygen atoms in total. The van der Waals surface area contributed by atoms with Gasteiger partial charge < -0.3 is 20.7 Å². The van der Waals surface area contributed by atoms with Gasteiger partial charge in [-0.2, -0.15) is 5.10 Å². The van der Waals surface area contributed by atoms with Crippen molar-refractivity contribution in [3.05, 3.63) is 48.3 Å². The van der Waals surface area contributed by atoms with E-state index >= 15 is 0 Å². The van der Waals surface area contributed by atoms with Crippen molar-refractivity contribution in [2.45, 2.75) is 44.1 Å². The number of hydrogen-bond acceptors (Lipinski definition) is 5. The number of carbonyl (C=O) groups is 2. The van der Waals surface area contributed by atoms with E-state index in [0.29, 0.717) is 43.4 Å². The van der Waals surface area contributed by atoms with E-state index in [2.05, 4.69) is 34.6 Å². The Bertz CT molecular complexity index is 1100. The lowest BCUT2D eigenvalue weighted by atomic mass is 9.70. The van der Waals surface area contributed by atoms with E-state index in [1.54, 1.807) is 10.9 Å². The molecule has 0 radical (unpaired) electrons. The summed E-state index contributed by atoms with van der Waals surface area (Å²) in [5.74, 6) is 0.620. The Morgan fingerprint density at radius 1 is 1.30 bits per heavy atom. The number of aromatic nitrogens is 2. The molecule has 3 heterocycles. The maximum Gasteiger partial charge on any atom is 0.247 e. The molecule has 1 saturated heterocycles. The highest BCUT2D eigenvalue weighted by Gasteiger charge is 2.47. The van der Waals surface area contributed by atoms with Crippen LogP contribution in [0.5, 0.6) is 0 Å². The van der Waals surface area contributed by atoms with Crippen molar-refractivity contribution in [2.75, 3.05) is 23.8 Å². The van der Waals surface area contributed by atoms with Crippen LogP contribution in [0.15, 0.2) is 37.0 Å². The van der Waals surface area contributed by atoms with Gasteiger partial charge >= 0.3 is 0 Å². The second-order valence-corrected chi connectivity index (χ2v) is 9.56. The maximum atomic E-state index is 13.4. The number of fused-ring (bicyclic) bond motifs is 2. The van der Waals surface area contributed by atoms with Crippen LogP contribution in [0.4, 0.5) is 11.4 Å². The SMILES string of the molecule is C=C(NC(C(=O)Nc1ccc2c(c1)NC(=O)C21CCOCC1)C1CCC1C)c1ccnn1C. The number of amides is 2. The molecule has 1 aromatic heterocycles. The van der Waals surface area contributed by atoms with Gasteiger partial charge in [0.05, 0.1) is 16.8 Å². The van der Waals surface area contributed by atoms with E-state index in [4.69, 9.17) is 4.74 Å². The second-order valence-electron chi connectivity index (χ2n) is 9.56. The number of hydrogen-bond donors (Lipinski definition) is 3. The number of nitrogens with one attached hydrogen (secondary N) is 3. The van der Waals surface area contributed by atoms with E-state index in [1.165, 1.54) is 0 Å². The van der Waals surface area contributed by atoms with Crippen molar-refractivity contribution in [1.82, 2.24) is 15.1 Å². The molecule has 3 atom stereocenters. The summed E-state index contributed by atoms with van der Waals surface area (Å²) in [6.07, 6.45) is 5.19. The zero-order valence-corrected chi connectivity index (χ0v) is 19.2. The lowest BCUT2D eigenvalue weighted by Crippen LogP contribution is -2.50. The topological polar surface area (TPSA) is 97.3 Å². The van der Waals surface area contributed by atoms with Gasteiger partial charge in [0.2, 0.25) is 11.8 Å². The normalized spacial score (nSPS) is 23.9. The molecule has 2 fully saturated rings. The van der Waals surface area contributed by atoms with Crippen LogP contribution in [-0.2, 0) is 26.8 Å². The highest BCUT2D eigenvalue weighted by molar-refractivity contribution is 6.07. The van der Waals surface area contributed by atoms with E-state index < -0.39 is 11.5 Å². The fourth-order valence-electron chi connectivity index (χ4n) is 5.43. The Morgan fingerprint density at radius 2 is 2.09 bits per heavy atom. The molecular formula is C25H31N5O3. The van der Waals surface area contributed by atoms with Gasteiger partial charge in [0.25, 0.3) is 0 Å². The van der Waals surface area contributed by atoms with Crippen molar-refractivity contribution >= 4 is 28.9 Å². The molecule has 3 unspecified atom stereocenters. The van der Waals surface area contributed by atoms with Crippen LogP contribution in [0.1, 0.15) is 43.9 Å². The lowest BCUT2D eigenvalue weighted by Gasteiger charge is -2.40. The van der Waals surface area contributed by atoms with E-state index in [9.17, 15) is 9.59 Å². The van der Waals surface area contributed by atoms with Gasteiger partial charge in [-0.15, -0.1) is 0 Å². The minimum atomic E-state index is -0.511. The van der Waals surface area contributed by atoms with Crippen LogP contribution in [0, 0.1) is 11.8 Å². The Kier molecular flexibility index (Phi) is 5.48. The average molecular weight is 450 g/mol. The number of aryl methyl sites for hydroxylation is 1. The zero-order chi connectivity index (χ0) is 23.2. The molecule has 2 aliphatic heterocycles. The van der Waals surface area contributed by atoms with Crippen LogP contribution in [-0.4, -0.2) is 40.9 Å². The van der Waals surface area contributed by atoms with Gasteiger partial charge in [0.1, 0.15) is 6.04 Å². The first kappa shape index (κ1) is 21.7. The number of ether oxygens (including phenoxy) is 1. The average Bonchev–Trinajstić information content (AvgIpc) is 3.33. The quantitative estimate of drug-likeness (QED) is 0.630. The first-order valence-corrected chi connectivity index (χ1v) is 11.7. The number of benzene rings is 1. The fraction of sp³-hybridized carbons (Fsp3) is 0.480. The third kappa shape index (κ3) is 3.72.